The van der Waals surface area contributed by atoms with Crippen molar-refractivity contribution in [3.63, 3.8) is 0 Å². The van der Waals surface area contributed by atoms with Gasteiger partial charge in [-0.15, -0.1) is 0 Å². The summed E-state index contributed by atoms with van der Waals surface area (Å²) in [5.41, 5.74) is 3.31. The van der Waals surface area contributed by atoms with Crippen LogP contribution in [0.1, 0.15) is 44.2 Å². The van der Waals surface area contributed by atoms with Crippen molar-refractivity contribution in [2.75, 3.05) is 0 Å². The number of hydrogen-bond acceptors (Lipinski definition) is 5. The van der Waals surface area contributed by atoms with Gasteiger partial charge in [0.1, 0.15) is 17.7 Å². The van der Waals surface area contributed by atoms with Crippen LogP contribution in [0.25, 0.3) is 16.9 Å². The molecule has 0 radical (unpaired) electrons. The lowest BCUT2D eigenvalue weighted by Gasteiger charge is -2.32. The van der Waals surface area contributed by atoms with E-state index in [1.54, 1.807) is 12.4 Å². The highest BCUT2D eigenvalue weighted by Crippen LogP contribution is 2.29. The van der Waals surface area contributed by atoms with Gasteiger partial charge in [-0.2, -0.15) is 0 Å². The summed E-state index contributed by atoms with van der Waals surface area (Å²) in [5, 5.41) is 1.35. The molecule has 34 heavy (non-hydrogen) atoms. The maximum Gasteiger partial charge on any atom is 0.234 e. The van der Waals surface area contributed by atoms with E-state index < -0.39 is 11.6 Å². The molecule has 1 atom stereocenters. The summed E-state index contributed by atoms with van der Waals surface area (Å²) in [6.45, 7) is 7.71. The predicted molar refractivity (Wildman–Crippen MR) is 130 cm³/mol. The minimum Gasteiger partial charge on any atom is -0.329 e. The highest BCUT2D eigenvalue weighted by molar-refractivity contribution is 5.61. The zero-order chi connectivity index (χ0) is 24.3. The van der Waals surface area contributed by atoms with Crippen molar-refractivity contribution < 1.29 is 9.63 Å². The molecule has 3 aromatic heterocycles. The smallest absolute Gasteiger partial charge is 0.234 e. The number of amides is 1. The highest BCUT2D eigenvalue weighted by atomic mass is 16.7. The normalized spacial score (nSPS) is 12.5. The zero-order valence-electron chi connectivity index (χ0n) is 20.2. The Kier molecular flexibility index (Phi) is 6.61. The molecule has 0 saturated heterocycles. The average Bonchev–Trinajstić information content (AvgIpc) is 3.41. The van der Waals surface area contributed by atoms with Gasteiger partial charge < -0.3 is 9.13 Å². The molecule has 1 amide bonds. The minimum atomic E-state index is -0.543. The van der Waals surface area contributed by atoms with E-state index in [4.69, 9.17) is 9.82 Å². The summed E-state index contributed by atoms with van der Waals surface area (Å²) in [5.74, 6) is 1.65. The van der Waals surface area contributed by atoms with Crippen LogP contribution in [0.4, 0.5) is 0 Å². The Morgan fingerprint density at radius 3 is 2.41 bits per heavy atom. The summed E-state index contributed by atoms with van der Waals surface area (Å²) in [6, 6.07) is 13.5. The first-order chi connectivity index (χ1) is 16.3. The van der Waals surface area contributed by atoms with Gasteiger partial charge in [0.05, 0.1) is 17.5 Å². The maximum atomic E-state index is 12.1. The Labute approximate surface area is 199 Å². The lowest BCUT2D eigenvalue weighted by molar-refractivity contribution is -0.235. The van der Waals surface area contributed by atoms with Crippen molar-refractivity contribution >= 4 is 6.41 Å². The van der Waals surface area contributed by atoms with Gasteiger partial charge in [0.25, 0.3) is 0 Å². The summed E-state index contributed by atoms with van der Waals surface area (Å²) in [4.78, 5) is 31.5. The van der Waals surface area contributed by atoms with Crippen LogP contribution >= 0.6 is 0 Å². The number of imidazole rings is 2. The van der Waals surface area contributed by atoms with Gasteiger partial charge in [0.2, 0.25) is 6.41 Å². The molecule has 8 heteroatoms. The SMILES string of the molecule is Cc1nccn1-c1ccc(-c2cnc(C(Cc3ccccn3)N(C=O)OC(C)(C)C)n2C)cc1. The second-order valence-electron chi connectivity index (χ2n) is 9.16. The van der Waals surface area contributed by atoms with Crippen LogP contribution in [0.15, 0.2) is 67.3 Å². The molecular weight excluding hydrogens is 428 g/mol. The molecule has 0 fully saturated rings. The average molecular weight is 459 g/mol. The number of pyridine rings is 1. The van der Waals surface area contributed by atoms with Crippen molar-refractivity contribution in [2.24, 2.45) is 7.05 Å². The van der Waals surface area contributed by atoms with E-state index in [-0.39, 0.29) is 0 Å². The number of aromatic nitrogens is 5. The lowest BCUT2D eigenvalue weighted by Crippen LogP contribution is -2.38. The van der Waals surface area contributed by atoms with E-state index in [9.17, 15) is 4.79 Å². The predicted octanol–water partition coefficient (Wildman–Crippen LogP) is 4.45. The Bertz CT molecular complexity index is 1240. The van der Waals surface area contributed by atoms with Crippen LogP contribution in [0.3, 0.4) is 0 Å². The first kappa shape index (κ1) is 23.4. The third-order valence-corrected chi connectivity index (χ3v) is 5.51. The molecule has 0 saturated carbocycles. The monoisotopic (exact) mass is 458 g/mol. The van der Waals surface area contributed by atoms with Crippen LogP contribution in [0, 0.1) is 6.92 Å². The molecule has 0 bridgehead atoms. The molecule has 0 aliphatic heterocycles. The van der Waals surface area contributed by atoms with Crippen molar-refractivity contribution in [1.29, 1.82) is 0 Å². The first-order valence-corrected chi connectivity index (χ1v) is 11.2. The first-order valence-electron chi connectivity index (χ1n) is 11.2. The fourth-order valence-corrected chi connectivity index (χ4v) is 3.93. The number of carbonyl (C=O) groups is 1. The van der Waals surface area contributed by atoms with E-state index in [0.29, 0.717) is 12.2 Å². The molecule has 3 heterocycles. The molecule has 0 aliphatic carbocycles. The van der Waals surface area contributed by atoms with E-state index in [1.807, 2.05) is 74.5 Å². The van der Waals surface area contributed by atoms with Gasteiger partial charge in [-0.25, -0.2) is 15.0 Å². The molecular formula is C26H30N6O2. The number of carbonyl (C=O) groups excluding carboxylic acids is 1. The Morgan fingerprint density at radius 2 is 1.82 bits per heavy atom. The van der Waals surface area contributed by atoms with Crippen molar-refractivity contribution in [3.05, 3.63) is 84.6 Å². The molecule has 8 nitrogen and oxygen atoms in total. The lowest BCUT2D eigenvalue weighted by atomic mass is 10.1. The second kappa shape index (κ2) is 9.61. The quantitative estimate of drug-likeness (QED) is 0.288. The van der Waals surface area contributed by atoms with Gasteiger partial charge >= 0.3 is 0 Å². The number of hydrogen-bond donors (Lipinski definition) is 0. The summed E-state index contributed by atoms with van der Waals surface area (Å²) < 4.78 is 4.04. The van der Waals surface area contributed by atoms with Crippen molar-refractivity contribution in [1.82, 2.24) is 29.1 Å². The Hall–Kier alpha value is -3.78. The van der Waals surface area contributed by atoms with E-state index >= 15 is 0 Å². The van der Waals surface area contributed by atoms with E-state index in [1.165, 1.54) is 5.06 Å². The number of rotatable bonds is 8. The van der Waals surface area contributed by atoms with Gasteiger partial charge in [-0.05, 0) is 57.5 Å². The van der Waals surface area contributed by atoms with Crippen LogP contribution in [0.2, 0.25) is 0 Å². The zero-order valence-corrected chi connectivity index (χ0v) is 20.2. The third-order valence-electron chi connectivity index (χ3n) is 5.51. The Balaban J connectivity index is 1.68. The Morgan fingerprint density at radius 1 is 1.06 bits per heavy atom. The van der Waals surface area contributed by atoms with Crippen LogP contribution in [-0.2, 0) is 23.1 Å². The van der Waals surface area contributed by atoms with Crippen molar-refractivity contribution in [3.8, 4) is 16.9 Å². The summed E-state index contributed by atoms with van der Waals surface area (Å²) in [7, 11) is 1.96. The third kappa shape index (κ3) is 5.07. The van der Waals surface area contributed by atoms with Gasteiger partial charge in [0, 0.05) is 43.4 Å². The minimum absolute atomic E-state index is 0.446. The van der Waals surface area contributed by atoms with Crippen LogP contribution < -0.4 is 0 Å². The summed E-state index contributed by atoms with van der Waals surface area (Å²) in [6.07, 6.45) is 8.50. The standard InChI is InChI=1S/C26H30N6O2/c1-19-27-14-15-31(19)22-11-9-20(10-12-22)24-17-29-25(30(24)5)23(16-21-8-6-7-13-28-21)32(18-33)34-26(2,3)4/h6-15,17-18,23H,16H2,1-5H3. The number of hydroxylamine groups is 2. The molecule has 176 valence electrons. The van der Waals surface area contributed by atoms with Crippen molar-refractivity contribution in [2.45, 2.75) is 45.8 Å². The molecule has 1 unspecified atom stereocenters. The van der Waals surface area contributed by atoms with E-state index in [0.717, 1.165) is 34.9 Å². The molecule has 0 N–H and O–H groups in total. The molecule has 0 spiro atoms. The molecule has 4 rings (SSSR count). The molecule has 0 aliphatic rings. The van der Waals surface area contributed by atoms with E-state index in [2.05, 4.69) is 34.2 Å². The second-order valence-corrected chi connectivity index (χ2v) is 9.16. The number of aryl methyl sites for hydroxylation is 1. The highest BCUT2D eigenvalue weighted by Gasteiger charge is 2.29. The van der Waals surface area contributed by atoms with Gasteiger partial charge in [-0.3, -0.25) is 14.6 Å². The van der Waals surface area contributed by atoms with Gasteiger partial charge in [-0.1, -0.05) is 18.2 Å². The largest absolute Gasteiger partial charge is 0.329 e. The number of benzene rings is 1. The van der Waals surface area contributed by atoms with Crippen LogP contribution in [0.5, 0.6) is 0 Å². The molecule has 4 aromatic rings. The fourth-order valence-electron chi connectivity index (χ4n) is 3.93. The molecule has 1 aromatic carbocycles. The van der Waals surface area contributed by atoms with Crippen LogP contribution in [-0.4, -0.2) is 41.2 Å². The summed E-state index contributed by atoms with van der Waals surface area (Å²) >= 11 is 0. The fraction of sp³-hybridized carbons (Fsp3) is 0.308. The topological polar surface area (TPSA) is 78.1 Å². The number of nitrogens with zero attached hydrogens (tertiary/aromatic N) is 6. The maximum absolute atomic E-state index is 12.1. The van der Waals surface area contributed by atoms with Gasteiger partial charge in [0.15, 0.2) is 0 Å².